The normalized spacial score (nSPS) is 11.5. The standard InChI is InChI=1S/C11H13FN4O2S/c1-2-16-7-9(6-14-16)15-19(17,18)11-5-8(13)3-4-10(11)12/h3-7,15H,2,13H2,1H3. The maximum Gasteiger partial charge on any atom is 0.264 e. The first-order valence-electron chi connectivity index (χ1n) is 5.52. The van der Waals surface area contributed by atoms with Crippen molar-refractivity contribution in [1.82, 2.24) is 9.78 Å². The van der Waals surface area contributed by atoms with Gasteiger partial charge in [0.2, 0.25) is 0 Å². The molecule has 1 heterocycles. The first-order chi connectivity index (χ1) is 8.92. The van der Waals surface area contributed by atoms with Crippen LogP contribution in [0.4, 0.5) is 15.8 Å². The molecule has 2 aromatic rings. The average molecular weight is 284 g/mol. The maximum absolute atomic E-state index is 13.5. The van der Waals surface area contributed by atoms with Crippen molar-refractivity contribution in [2.45, 2.75) is 18.4 Å². The third-order valence-corrected chi connectivity index (χ3v) is 3.85. The monoisotopic (exact) mass is 284 g/mol. The molecule has 8 heteroatoms. The zero-order valence-corrected chi connectivity index (χ0v) is 11.0. The van der Waals surface area contributed by atoms with Crippen LogP contribution in [0, 0.1) is 5.82 Å². The van der Waals surface area contributed by atoms with Crippen molar-refractivity contribution in [1.29, 1.82) is 0 Å². The molecule has 1 aromatic heterocycles. The van der Waals surface area contributed by atoms with Crippen LogP contribution in [0.5, 0.6) is 0 Å². The molecule has 0 radical (unpaired) electrons. The van der Waals surface area contributed by atoms with Crippen molar-refractivity contribution >= 4 is 21.4 Å². The minimum Gasteiger partial charge on any atom is -0.399 e. The summed E-state index contributed by atoms with van der Waals surface area (Å²) >= 11 is 0. The van der Waals surface area contributed by atoms with Gasteiger partial charge in [0.1, 0.15) is 10.7 Å². The number of nitrogens with two attached hydrogens (primary N) is 1. The smallest absolute Gasteiger partial charge is 0.264 e. The van der Waals surface area contributed by atoms with Crippen LogP contribution in [0.2, 0.25) is 0 Å². The molecule has 0 fully saturated rings. The van der Waals surface area contributed by atoms with E-state index < -0.39 is 20.7 Å². The average Bonchev–Trinajstić information content (AvgIpc) is 2.79. The number of sulfonamides is 1. The lowest BCUT2D eigenvalue weighted by Crippen LogP contribution is -2.14. The van der Waals surface area contributed by atoms with Gasteiger partial charge in [-0.05, 0) is 25.1 Å². The van der Waals surface area contributed by atoms with E-state index in [9.17, 15) is 12.8 Å². The van der Waals surface area contributed by atoms with Gasteiger partial charge in [-0.1, -0.05) is 0 Å². The predicted octanol–water partition coefficient (Wildman–Crippen LogP) is 1.43. The number of nitrogen functional groups attached to an aromatic ring is 1. The molecule has 0 aliphatic carbocycles. The van der Waals surface area contributed by atoms with E-state index in [4.69, 9.17) is 5.73 Å². The fraction of sp³-hybridized carbons (Fsp3) is 0.182. The molecule has 19 heavy (non-hydrogen) atoms. The Hall–Kier alpha value is -2.09. The molecule has 6 nitrogen and oxygen atoms in total. The molecule has 3 N–H and O–H groups in total. The summed E-state index contributed by atoms with van der Waals surface area (Å²) in [7, 11) is -4.02. The Balaban J connectivity index is 2.34. The minimum absolute atomic E-state index is 0.172. The van der Waals surface area contributed by atoms with Crippen LogP contribution in [-0.2, 0) is 16.6 Å². The maximum atomic E-state index is 13.5. The van der Waals surface area contributed by atoms with Crippen LogP contribution in [0.25, 0.3) is 0 Å². The van der Waals surface area contributed by atoms with Crippen LogP contribution in [-0.4, -0.2) is 18.2 Å². The number of aromatic nitrogens is 2. The minimum atomic E-state index is -4.02. The Labute approximate surface area is 110 Å². The number of rotatable bonds is 4. The van der Waals surface area contributed by atoms with Crippen LogP contribution in [0.1, 0.15) is 6.92 Å². The van der Waals surface area contributed by atoms with Gasteiger partial charge in [-0.25, -0.2) is 12.8 Å². The van der Waals surface area contributed by atoms with E-state index >= 15 is 0 Å². The highest BCUT2D eigenvalue weighted by molar-refractivity contribution is 7.92. The van der Waals surface area contributed by atoms with Gasteiger partial charge in [0.15, 0.2) is 0 Å². The van der Waals surface area contributed by atoms with Gasteiger partial charge in [-0.2, -0.15) is 5.10 Å². The summed E-state index contributed by atoms with van der Waals surface area (Å²) in [5.74, 6) is -0.857. The van der Waals surface area contributed by atoms with Crippen LogP contribution in [0.3, 0.4) is 0 Å². The van der Waals surface area contributed by atoms with E-state index in [0.717, 1.165) is 12.1 Å². The summed E-state index contributed by atoms with van der Waals surface area (Å²) < 4.78 is 41.4. The summed E-state index contributed by atoms with van der Waals surface area (Å²) in [6.45, 7) is 2.47. The van der Waals surface area contributed by atoms with Gasteiger partial charge in [0.25, 0.3) is 10.0 Å². The predicted molar refractivity (Wildman–Crippen MR) is 69.5 cm³/mol. The molecular weight excluding hydrogens is 271 g/mol. The molecule has 0 amide bonds. The number of aryl methyl sites for hydroxylation is 1. The summed E-state index contributed by atoms with van der Waals surface area (Å²) in [4.78, 5) is -0.489. The van der Waals surface area contributed by atoms with Gasteiger partial charge in [0, 0.05) is 18.4 Å². The molecular formula is C11H13FN4O2S. The molecule has 1 aromatic carbocycles. The van der Waals surface area contributed by atoms with E-state index in [2.05, 4.69) is 9.82 Å². The van der Waals surface area contributed by atoms with E-state index in [-0.39, 0.29) is 11.4 Å². The van der Waals surface area contributed by atoms with Gasteiger partial charge in [-0.3, -0.25) is 9.40 Å². The van der Waals surface area contributed by atoms with E-state index in [1.165, 1.54) is 18.5 Å². The third-order valence-electron chi connectivity index (χ3n) is 2.45. The number of nitrogens with one attached hydrogen (secondary N) is 1. The van der Waals surface area contributed by atoms with E-state index in [1.807, 2.05) is 6.92 Å². The van der Waals surface area contributed by atoms with Crippen molar-refractivity contribution in [2.75, 3.05) is 10.5 Å². The second-order valence-corrected chi connectivity index (χ2v) is 5.53. The number of hydrogen-bond donors (Lipinski definition) is 2. The lowest BCUT2D eigenvalue weighted by atomic mass is 10.3. The molecule has 102 valence electrons. The van der Waals surface area contributed by atoms with E-state index in [1.54, 1.807) is 4.68 Å². The topological polar surface area (TPSA) is 90.0 Å². The number of anilines is 2. The van der Waals surface area contributed by atoms with Gasteiger partial charge >= 0.3 is 0 Å². The number of benzene rings is 1. The molecule has 0 saturated heterocycles. The second kappa shape index (κ2) is 4.88. The van der Waals surface area contributed by atoms with Crippen molar-refractivity contribution < 1.29 is 12.8 Å². The molecule has 0 aliphatic rings. The zero-order valence-electron chi connectivity index (χ0n) is 10.2. The Kier molecular flexibility index (Phi) is 3.43. The Morgan fingerprint density at radius 2 is 2.21 bits per heavy atom. The van der Waals surface area contributed by atoms with Gasteiger partial charge in [-0.15, -0.1) is 0 Å². The molecule has 0 aliphatic heterocycles. The quantitative estimate of drug-likeness (QED) is 0.831. The lowest BCUT2D eigenvalue weighted by Gasteiger charge is -2.07. The fourth-order valence-electron chi connectivity index (χ4n) is 1.53. The Morgan fingerprint density at radius 1 is 1.47 bits per heavy atom. The zero-order chi connectivity index (χ0) is 14.0. The Morgan fingerprint density at radius 3 is 2.84 bits per heavy atom. The van der Waals surface area contributed by atoms with E-state index in [0.29, 0.717) is 6.54 Å². The Bertz CT molecular complexity index is 696. The van der Waals surface area contributed by atoms with Crippen molar-refractivity contribution in [3.8, 4) is 0 Å². The van der Waals surface area contributed by atoms with Gasteiger partial charge in [0.05, 0.1) is 11.9 Å². The third kappa shape index (κ3) is 2.84. The van der Waals surface area contributed by atoms with Crippen molar-refractivity contribution in [2.24, 2.45) is 0 Å². The first-order valence-corrected chi connectivity index (χ1v) is 7.01. The summed E-state index contributed by atoms with van der Waals surface area (Å²) in [6, 6.07) is 3.38. The molecule has 0 atom stereocenters. The summed E-state index contributed by atoms with van der Waals surface area (Å²) in [5, 5.41) is 3.92. The SMILES string of the molecule is CCn1cc(NS(=O)(=O)c2cc(N)ccc2F)cn1. The highest BCUT2D eigenvalue weighted by Crippen LogP contribution is 2.20. The fourth-order valence-corrected chi connectivity index (χ4v) is 2.67. The van der Waals surface area contributed by atoms with Crippen LogP contribution < -0.4 is 10.5 Å². The molecule has 2 rings (SSSR count). The van der Waals surface area contributed by atoms with Crippen LogP contribution in [0.15, 0.2) is 35.5 Å². The van der Waals surface area contributed by atoms with Crippen molar-refractivity contribution in [3.63, 3.8) is 0 Å². The molecule has 0 bridgehead atoms. The molecule has 0 unspecified atom stereocenters. The lowest BCUT2D eigenvalue weighted by molar-refractivity contribution is 0.570. The van der Waals surface area contributed by atoms with Crippen molar-refractivity contribution in [3.05, 3.63) is 36.4 Å². The number of hydrogen-bond acceptors (Lipinski definition) is 4. The summed E-state index contributed by atoms with van der Waals surface area (Å²) in [6.07, 6.45) is 2.87. The van der Waals surface area contributed by atoms with Gasteiger partial charge < -0.3 is 5.73 Å². The number of nitrogens with zero attached hydrogens (tertiary/aromatic N) is 2. The highest BCUT2D eigenvalue weighted by atomic mass is 32.2. The first kappa shape index (κ1) is 13.3. The molecule has 0 saturated carbocycles. The van der Waals surface area contributed by atoms with Crippen LogP contribution >= 0.6 is 0 Å². The largest absolute Gasteiger partial charge is 0.399 e. The molecule has 0 spiro atoms. The summed E-state index contributed by atoms with van der Waals surface area (Å²) in [5.41, 5.74) is 5.91. The highest BCUT2D eigenvalue weighted by Gasteiger charge is 2.20. The number of halogens is 1. The second-order valence-electron chi connectivity index (χ2n) is 3.88.